The molecule has 6 nitrogen and oxygen atoms in total. The van der Waals surface area contributed by atoms with Crippen LogP contribution in [0.2, 0.25) is 0 Å². The Morgan fingerprint density at radius 2 is 1.90 bits per heavy atom. The summed E-state index contributed by atoms with van der Waals surface area (Å²) in [4.78, 5) is 25.3. The number of anilines is 1. The molecule has 0 aliphatic carbocycles. The Labute approximate surface area is 125 Å². The zero-order valence-corrected chi connectivity index (χ0v) is 12.6. The van der Waals surface area contributed by atoms with E-state index in [9.17, 15) is 4.79 Å². The van der Waals surface area contributed by atoms with Crippen LogP contribution in [0.1, 0.15) is 18.5 Å². The molecule has 0 unspecified atom stereocenters. The SMILES string of the molecule is Cc1cc(N2CCC(C(=O)N3CCNCC3)CC2)ncn1. The van der Waals surface area contributed by atoms with Crippen LogP contribution in [-0.2, 0) is 4.79 Å². The van der Waals surface area contributed by atoms with Gasteiger partial charge in [0.2, 0.25) is 5.91 Å². The zero-order chi connectivity index (χ0) is 14.7. The first-order chi connectivity index (χ1) is 10.2. The van der Waals surface area contributed by atoms with E-state index in [1.807, 2.05) is 17.9 Å². The summed E-state index contributed by atoms with van der Waals surface area (Å²) in [6.07, 6.45) is 3.46. The number of nitrogens with one attached hydrogen (secondary N) is 1. The van der Waals surface area contributed by atoms with Crippen LogP contribution in [0.3, 0.4) is 0 Å². The highest BCUT2D eigenvalue weighted by Crippen LogP contribution is 2.23. The zero-order valence-electron chi connectivity index (χ0n) is 12.6. The van der Waals surface area contributed by atoms with Crippen LogP contribution >= 0.6 is 0 Å². The number of hydrogen-bond donors (Lipinski definition) is 1. The van der Waals surface area contributed by atoms with Crippen LogP contribution in [0.4, 0.5) is 5.82 Å². The Balaban J connectivity index is 1.56. The van der Waals surface area contributed by atoms with Crippen molar-refractivity contribution in [1.29, 1.82) is 0 Å². The van der Waals surface area contributed by atoms with Crippen molar-refractivity contribution >= 4 is 11.7 Å². The van der Waals surface area contributed by atoms with Crippen molar-refractivity contribution in [2.75, 3.05) is 44.2 Å². The lowest BCUT2D eigenvalue weighted by molar-refractivity contribution is -0.136. The third-order valence-corrected chi connectivity index (χ3v) is 4.39. The van der Waals surface area contributed by atoms with Gasteiger partial charge in [-0.05, 0) is 19.8 Å². The third kappa shape index (κ3) is 3.32. The minimum Gasteiger partial charge on any atom is -0.356 e. The highest BCUT2D eigenvalue weighted by molar-refractivity contribution is 5.79. The molecule has 3 rings (SSSR count). The largest absolute Gasteiger partial charge is 0.356 e. The summed E-state index contributed by atoms with van der Waals surface area (Å²) in [7, 11) is 0. The molecule has 2 aliphatic heterocycles. The molecule has 21 heavy (non-hydrogen) atoms. The predicted molar refractivity (Wildman–Crippen MR) is 81.2 cm³/mol. The lowest BCUT2D eigenvalue weighted by Gasteiger charge is -2.36. The molecule has 6 heteroatoms. The van der Waals surface area contributed by atoms with Crippen LogP contribution in [0.25, 0.3) is 0 Å². The molecule has 0 saturated carbocycles. The van der Waals surface area contributed by atoms with Gasteiger partial charge in [0.05, 0.1) is 0 Å². The van der Waals surface area contributed by atoms with E-state index in [4.69, 9.17) is 0 Å². The number of amides is 1. The van der Waals surface area contributed by atoms with Crippen molar-refractivity contribution in [1.82, 2.24) is 20.2 Å². The molecule has 0 radical (unpaired) electrons. The second-order valence-electron chi connectivity index (χ2n) is 5.85. The van der Waals surface area contributed by atoms with Crippen LogP contribution in [0.15, 0.2) is 12.4 Å². The molecule has 2 saturated heterocycles. The van der Waals surface area contributed by atoms with Crippen LogP contribution in [0.5, 0.6) is 0 Å². The fourth-order valence-corrected chi connectivity index (χ4v) is 3.11. The number of aryl methyl sites for hydroxylation is 1. The third-order valence-electron chi connectivity index (χ3n) is 4.39. The van der Waals surface area contributed by atoms with E-state index in [1.54, 1.807) is 6.33 Å². The Hall–Kier alpha value is -1.69. The normalized spacial score (nSPS) is 20.6. The first-order valence-electron chi connectivity index (χ1n) is 7.77. The summed E-state index contributed by atoms with van der Waals surface area (Å²) >= 11 is 0. The summed E-state index contributed by atoms with van der Waals surface area (Å²) < 4.78 is 0. The van der Waals surface area contributed by atoms with Crippen molar-refractivity contribution in [3.05, 3.63) is 18.1 Å². The molecule has 2 fully saturated rings. The van der Waals surface area contributed by atoms with Crippen molar-refractivity contribution in [3.8, 4) is 0 Å². The maximum absolute atomic E-state index is 12.5. The molecule has 3 heterocycles. The number of carbonyl (C=O) groups is 1. The lowest BCUT2D eigenvalue weighted by Crippen LogP contribution is -2.50. The van der Waals surface area contributed by atoms with E-state index in [1.165, 1.54) is 0 Å². The summed E-state index contributed by atoms with van der Waals surface area (Å²) in [6, 6.07) is 2.01. The van der Waals surface area contributed by atoms with Gasteiger partial charge < -0.3 is 15.1 Å². The van der Waals surface area contributed by atoms with E-state index in [0.717, 1.165) is 63.6 Å². The molecule has 1 aromatic heterocycles. The molecular formula is C15H23N5O. The van der Waals surface area contributed by atoms with Crippen LogP contribution < -0.4 is 10.2 Å². The highest BCUT2D eigenvalue weighted by atomic mass is 16.2. The Morgan fingerprint density at radius 3 is 2.57 bits per heavy atom. The van der Waals surface area contributed by atoms with Gasteiger partial charge in [-0.1, -0.05) is 0 Å². The monoisotopic (exact) mass is 289 g/mol. The van der Waals surface area contributed by atoms with Crippen LogP contribution in [-0.4, -0.2) is 60.0 Å². The smallest absolute Gasteiger partial charge is 0.225 e. The van der Waals surface area contributed by atoms with Crippen molar-refractivity contribution in [2.24, 2.45) is 5.92 Å². The molecule has 1 amide bonds. The highest BCUT2D eigenvalue weighted by Gasteiger charge is 2.29. The first-order valence-corrected chi connectivity index (χ1v) is 7.77. The molecule has 0 aromatic carbocycles. The second-order valence-corrected chi connectivity index (χ2v) is 5.85. The lowest BCUT2D eigenvalue weighted by atomic mass is 9.95. The van der Waals surface area contributed by atoms with Crippen molar-refractivity contribution in [3.63, 3.8) is 0 Å². The molecule has 1 N–H and O–H groups in total. The topological polar surface area (TPSA) is 61.4 Å². The number of piperazine rings is 1. The minimum absolute atomic E-state index is 0.183. The Bertz CT molecular complexity index is 493. The molecule has 0 atom stereocenters. The summed E-state index contributed by atoms with van der Waals surface area (Å²) in [6.45, 7) is 7.33. The number of carbonyl (C=O) groups excluding carboxylic acids is 1. The van der Waals surface area contributed by atoms with E-state index >= 15 is 0 Å². The fourth-order valence-electron chi connectivity index (χ4n) is 3.11. The average molecular weight is 289 g/mol. The maximum Gasteiger partial charge on any atom is 0.225 e. The predicted octanol–water partition coefficient (Wildman–Crippen LogP) is 0.433. The second kappa shape index (κ2) is 6.39. The first kappa shape index (κ1) is 14.3. The molecule has 2 aliphatic rings. The molecule has 114 valence electrons. The number of hydrogen-bond acceptors (Lipinski definition) is 5. The molecule has 1 aromatic rings. The Morgan fingerprint density at radius 1 is 1.19 bits per heavy atom. The van der Waals surface area contributed by atoms with Gasteiger partial charge in [0.15, 0.2) is 0 Å². The van der Waals surface area contributed by atoms with E-state index in [0.29, 0.717) is 5.91 Å². The fraction of sp³-hybridized carbons (Fsp3) is 0.667. The van der Waals surface area contributed by atoms with Gasteiger partial charge in [-0.3, -0.25) is 4.79 Å². The number of nitrogens with zero attached hydrogens (tertiary/aromatic N) is 4. The van der Waals surface area contributed by atoms with Crippen molar-refractivity contribution in [2.45, 2.75) is 19.8 Å². The van der Waals surface area contributed by atoms with Gasteiger partial charge >= 0.3 is 0 Å². The standard InChI is InChI=1S/C15H23N5O/c1-12-10-14(18-11-17-12)19-6-2-13(3-7-19)15(21)20-8-4-16-5-9-20/h10-11,13,16H,2-9H2,1H3. The van der Waals surface area contributed by atoms with Gasteiger partial charge in [0, 0.05) is 56.9 Å². The molecule has 0 bridgehead atoms. The number of aromatic nitrogens is 2. The number of piperidine rings is 1. The molecule has 0 spiro atoms. The quantitative estimate of drug-likeness (QED) is 0.856. The Kier molecular flexibility index (Phi) is 4.34. The summed E-state index contributed by atoms with van der Waals surface area (Å²) in [5.41, 5.74) is 0.985. The maximum atomic E-state index is 12.5. The van der Waals surface area contributed by atoms with Crippen LogP contribution in [0, 0.1) is 12.8 Å². The number of rotatable bonds is 2. The van der Waals surface area contributed by atoms with E-state index < -0.39 is 0 Å². The van der Waals surface area contributed by atoms with E-state index in [-0.39, 0.29) is 5.92 Å². The van der Waals surface area contributed by atoms with Gasteiger partial charge in [0.25, 0.3) is 0 Å². The summed E-state index contributed by atoms with van der Waals surface area (Å²) in [5, 5.41) is 3.29. The minimum atomic E-state index is 0.183. The molecular weight excluding hydrogens is 266 g/mol. The van der Waals surface area contributed by atoms with E-state index in [2.05, 4.69) is 20.2 Å². The van der Waals surface area contributed by atoms with Crippen molar-refractivity contribution < 1.29 is 4.79 Å². The van der Waals surface area contributed by atoms with Gasteiger partial charge in [-0.15, -0.1) is 0 Å². The summed E-state index contributed by atoms with van der Waals surface area (Å²) in [5.74, 6) is 1.51. The average Bonchev–Trinajstić information content (AvgIpc) is 2.55. The van der Waals surface area contributed by atoms with Gasteiger partial charge in [-0.25, -0.2) is 9.97 Å². The van der Waals surface area contributed by atoms with Gasteiger partial charge in [0.1, 0.15) is 12.1 Å². The van der Waals surface area contributed by atoms with Gasteiger partial charge in [-0.2, -0.15) is 0 Å².